The fourth-order valence-corrected chi connectivity index (χ4v) is 7.78. The number of methoxy groups -OCH3 is 1. The van der Waals surface area contributed by atoms with Gasteiger partial charge in [-0.3, -0.25) is 4.90 Å². The van der Waals surface area contributed by atoms with Gasteiger partial charge in [0.05, 0.1) is 35.8 Å². The molecule has 11 nitrogen and oxygen atoms in total. The predicted molar refractivity (Wildman–Crippen MR) is 197 cm³/mol. The second-order valence-corrected chi connectivity index (χ2v) is 14.6. The molecule has 1 aliphatic heterocycles. The number of aliphatic hydroxyl groups excluding tert-OH is 1. The lowest BCUT2D eigenvalue weighted by atomic mass is 9.95. The minimum absolute atomic E-state index is 0.173. The third-order valence-electron chi connectivity index (χ3n) is 9.47. The van der Waals surface area contributed by atoms with Crippen molar-refractivity contribution in [2.75, 3.05) is 27.3 Å². The molecule has 13 heteroatoms. The molecule has 7 rings (SSSR count). The quantitative estimate of drug-likeness (QED) is 0.145. The number of likely N-dealkylation sites (tertiary alicyclic amines) is 1. The first-order valence-electron chi connectivity index (χ1n) is 17.1. The highest BCUT2D eigenvalue weighted by Gasteiger charge is 2.30. The number of benzene rings is 2. The monoisotopic (exact) mass is 743 g/mol. The summed E-state index contributed by atoms with van der Waals surface area (Å²) in [6, 6.07) is 17.7. The van der Waals surface area contributed by atoms with E-state index in [4.69, 9.17) is 41.9 Å². The van der Waals surface area contributed by atoms with Crippen molar-refractivity contribution in [3.63, 3.8) is 0 Å². The Bertz CT molecular complexity index is 2270. The Morgan fingerprint density at radius 2 is 1.85 bits per heavy atom. The predicted octanol–water partition coefficient (Wildman–Crippen LogP) is 7.02. The van der Waals surface area contributed by atoms with Crippen LogP contribution in [0.5, 0.6) is 11.8 Å². The van der Waals surface area contributed by atoms with Crippen molar-refractivity contribution >= 4 is 34.2 Å². The fraction of sp³-hybridized carbons (Fsp3) is 0.359. The molecule has 1 saturated heterocycles. The van der Waals surface area contributed by atoms with Gasteiger partial charge in [-0.15, -0.1) is 0 Å². The molecule has 52 heavy (non-hydrogen) atoms. The number of nitriles is 1. The fourth-order valence-electron chi connectivity index (χ4n) is 7.24. The molecule has 0 saturated carbocycles. The summed E-state index contributed by atoms with van der Waals surface area (Å²) in [5.41, 5.74) is 5.37. The van der Waals surface area contributed by atoms with E-state index in [0.29, 0.717) is 69.1 Å². The lowest BCUT2D eigenvalue weighted by Gasteiger charge is -2.20. The third-order valence-corrected chi connectivity index (χ3v) is 10.1. The molecule has 5 aromatic rings. The maximum absolute atomic E-state index is 10.6. The molecule has 2 N–H and O–H groups in total. The molecule has 2 aromatic carbocycles. The number of aromatic nitrogens is 2. The summed E-state index contributed by atoms with van der Waals surface area (Å²) in [4.78, 5) is 12.0. The average molecular weight is 745 g/mol. The molecule has 0 amide bonds. The molecule has 2 atom stereocenters. The van der Waals surface area contributed by atoms with Crippen molar-refractivity contribution < 1.29 is 28.9 Å². The van der Waals surface area contributed by atoms with Crippen LogP contribution in [-0.2, 0) is 24.3 Å². The minimum Gasteiger partial charge on any atom is -0.481 e. The number of aliphatic hydroxyl groups is 2. The normalized spacial score (nSPS) is 17.8. The Labute approximate surface area is 311 Å². The first-order chi connectivity index (χ1) is 25.0. The van der Waals surface area contributed by atoms with E-state index in [-0.39, 0.29) is 24.3 Å². The molecule has 0 spiro atoms. The number of furan rings is 1. The molecule has 4 heterocycles. The number of ether oxygens (including phenoxy) is 2. The first-order valence-corrected chi connectivity index (χ1v) is 17.8. The van der Waals surface area contributed by atoms with E-state index >= 15 is 0 Å². The molecule has 0 radical (unpaired) electrons. The van der Waals surface area contributed by atoms with Crippen LogP contribution < -0.4 is 15.0 Å². The Morgan fingerprint density at radius 1 is 1.08 bits per heavy atom. The summed E-state index contributed by atoms with van der Waals surface area (Å²) in [5, 5.41) is 36.2. The highest BCUT2D eigenvalue weighted by atomic mass is 35.5. The van der Waals surface area contributed by atoms with E-state index in [1.165, 1.54) is 7.11 Å². The van der Waals surface area contributed by atoms with Gasteiger partial charge < -0.3 is 33.5 Å². The van der Waals surface area contributed by atoms with Gasteiger partial charge >= 0.3 is 0 Å². The standard InChI is InChI=1S/C39H39Cl2N5O6/c1-39(2,48)21-46-19-23(17-42)35-30(36(46)44-50-4)16-33(51-35)29-10-6-9-28(34(29)41)25-7-5-8-27-26(25)11-12-32(27)52-38-31(40)15-22(37(43-38)49-3)18-45-14-13-24(47)20-45/h5-10,15-16,19,24,32,47-48H,11-14,18,20-21H2,1-4H3/b44-36-/t24-,32+/m1/s1. The highest BCUT2D eigenvalue weighted by molar-refractivity contribution is 6.36. The Kier molecular flexibility index (Phi) is 9.95. The van der Waals surface area contributed by atoms with Gasteiger partial charge in [-0.05, 0) is 68.0 Å². The van der Waals surface area contributed by atoms with Crippen molar-refractivity contribution in [3.8, 4) is 40.3 Å². The molecule has 1 fully saturated rings. The lowest BCUT2D eigenvalue weighted by molar-refractivity contribution is 0.0592. The number of pyridine rings is 2. The van der Waals surface area contributed by atoms with Crippen LogP contribution in [0.4, 0.5) is 0 Å². The van der Waals surface area contributed by atoms with E-state index in [1.54, 1.807) is 37.8 Å². The molecular weight excluding hydrogens is 705 g/mol. The van der Waals surface area contributed by atoms with Gasteiger partial charge in [0.2, 0.25) is 11.8 Å². The van der Waals surface area contributed by atoms with Gasteiger partial charge in [-0.1, -0.05) is 58.7 Å². The molecule has 0 bridgehead atoms. The van der Waals surface area contributed by atoms with E-state index in [9.17, 15) is 15.5 Å². The third kappa shape index (κ3) is 6.97. The maximum Gasteiger partial charge on any atom is 0.236 e. The number of fused-ring (bicyclic) bond motifs is 2. The number of hydrogen-bond donors (Lipinski definition) is 2. The van der Waals surface area contributed by atoms with Crippen LogP contribution in [0, 0.1) is 11.3 Å². The Balaban J connectivity index is 1.21. The summed E-state index contributed by atoms with van der Waals surface area (Å²) in [6.45, 7) is 5.50. The summed E-state index contributed by atoms with van der Waals surface area (Å²) in [7, 11) is 3.02. The van der Waals surface area contributed by atoms with Crippen LogP contribution in [0.15, 0.2) is 64.3 Å². The molecule has 0 unspecified atom stereocenters. The average Bonchev–Trinajstić information content (AvgIpc) is 3.85. The van der Waals surface area contributed by atoms with Crippen LogP contribution in [-0.4, -0.2) is 63.7 Å². The number of hydrogen-bond acceptors (Lipinski definition) is 10. The van der Waals surface area contributed by atoms with Gasteiger partial charge in [0.25, 0.3) is 0 Å². The van der Waals surface area contributed by atoms with Gasteiger partial charge in [0.1, 0.15) is 35.6 Å². The van der Waals surface area contributed by atoms with E-state index in [2.05, 4.69) is 27.2 Å². The van der Waals surface area contributed by atoms with Gasteiger partial charge in [0.15, 0.2) is 11.1 Å². The minimum atomic E-state index is -1.08. The molecule has 270 valence electrons. The van der Waals surface area contributed by atoms with Gasteiger partial charge in [0, 0.05) is 42.5 Å². The van der Waals surface area contributed by atoms with Crippen molar-refractivity contribution in [2.24, 2.45) is 5.16 Å². The topological polar surface area (TPSA) is 138 Å². The molecule has 1 aliphatic carbocycles. The first kappa shape index (κ1) is 35.8. The maximum atomic E-state index is 10.6. The molecule has 3 aromatic heterocycles. The zero-order valence-electron chi connectivity index (χ0n) is 29.3. The smallest absolute Gasteiger partial charge is 0.236 e. The Morgan fingerprint density at radius 3 is 2.56 bits per heavy atom. The SMILES string of the molecule is CO/N=c1/c2cc(-c3cccc(-c4cccc5c4CC[C@@H]5Oc4nc(OC)c(CN5CC[C@@H](O)C5)cc4Cl)c3Cl)oc2c(C#N)cn1CC(C)(C)O. The van der Waals surface area contributed by atoms with Crippen molar-refractivity contribution in [3.05, 3.63) is 92.5 Å². The van der Waals surface area contributed by atoms with Crippen molar-refractivity contribution in [1.29, 1.82) is 5.26 Å². The van der Waals surface area contributed by atoms with Crippen LogP contribution in [0.1, 0.15) is 55.0 Å². The van der Waals surface area contributed by atoms with Crippen LogP contribution in [0.2, 0.25) is 10.0 Å². The summed E-state index contributed by atoms with van der Waals surface area (Å²) < 4.78 is 20.1. The van der Waals surface area contributed by atoms with Crippen LogP contribution in [0.3, 0.4) is 0 Å². The van der Waals surface area contributed by atoms with Gasteiger partial charge in [-0.25, -0.2) is 0 Å². The molecular formula is C39H39Cl2N5O6. The number of β-amino-alcohol motifs (C(OH)–C–C–N with tert-alkyl or cyclic N) is 1. The van der Waals surface area contributed by atoms with Crippen molar-refractivity contribution in [1.82, 2.24) is 14.5 Å². The molecule has 2 aliphatic rings. The van der Waals surface area contributed by atoms with E-state index < -0.39 is 5.60 Å². The second-order valence-electron chi connectivity index (χ2n) is 13.9. The highest BCUT2D eigenvalue weighted by Crippen LogP contribution is 2.45. The summed E-state index contributed by atoms with van der Waals surface area (Å²) >= 11 is 13.9. The Hall–Kier alpha value is -4.57. The van der Waals surface area contributed by atoms with Crippen molar-refractivity contribution in [2.45, 2.75) is 64.0 Å². The van der Waals surface area contributed by atoms with Crippen LogP contribution >= 0.6 is 23.2 Å². The van der Waals surface area contributed by atoms with Gasteiger partial charge in [-0.2, -0.15) is 10.2 Å². The number of rotatable bonds is 10. The number of halogens is 2. The van der Waals surface area contributed by atoms with E-state index in [0.717, 1.165) is 47.2 Å². The second kappa shape index (κ2) is 14.5. The number of nitrogens with zero attached hydrogens (tertiary/aromatic N) is 5. The summed E-state index contributed by atoms with van der Waals surface area (Å²) in [5.74, 6) is 1.20. The zero-order chi connectivity index (χ0) is 36.7. The van der Waals surface area contributed by atoms with E-state index in [1.807, 2.05) is 36.4 Å². The largest absolute Gasteiger partial charge is 0.481 e. The van der Waals surface area contributed by atoms with Crippen LogP contribution in [0.25, 0.3) is 33.4 Å². The zero-order valence-corrected chi connectivity index (χ0v) is 30.8. The summed E-state index contributed by atoms with van der Waals surface area (Å²) in [6.07, 6.45) is 3.19. The lowest BCUT2D eigenvalue weighted by Crippen LogP contribution is -2.33.